The standard InChI is InChI=1S/C9H17NO3/c1-7-6-13-4-3-8(10-7)5-9(11)12-2/h7-8,10H,3-6H2,1-2H3/t7-,8?/m0/s1. The molecule has 1 aliphatic rings. The molecule has 1 N–H and O–H groups in total. The number of carbonyl (C=O) groups is 1. The fraction of sp³-hybridized carbons (Fsp3) is 0.889. The van der Waals surface area contributed by atoms with Crippen molar-refractivity contribution in [2.75, 3.05) is 20.3 Å². The van der Waals surface area contributed by atoms with Gasteiger partial charge in [-0.05, 0) is 13.3 Å². The molecule has 76 valence electrons. The van der Waals surface area contributed by atoms with E-state index in [1.54, 1.807) is 0 Å². The maximum absolute atomic E-state index is 11.0. The first-order chi connectivity index (χ1) is 6.22. The number of methoxy groups -OCH3 is 1. The van der Waals surface area contributed by atoms with Crippen molar-refractivity contribution in [2.45, 2.75) is 31.8 Å². The summed E-state index contributed by atoms with van der Waals surface area (Å²) in [6.07, 6.45) is 1.31. The van der Waals surface area contributed by atoms with Crippen LogP contribution in [0, 0.1) is 0 Å². The number of hydrogen-bond donors (Lipinski definition) is 1. The summed E-state index contributed by atoms with van der Waals surface area (Å²) in [5.41, 5.74) is 0. The topological polar surface area (TPSA) is 47.6 Å². The van der Waals surface area contributed by atoms with Gasteiger partial charge in [0.15, 0.2) is 0 Å². The quantitative estimate of drug-likeness (QED) is 0.632. The van der Waals surface area contributed by atoms with Crippen LogP contribution in [-0.4, -0.2) is 38.4 Å². The molecule has 4 heteroatoms. The van der Waals surface area contributed by atoms with Gasteiger partial charge in [0, 0.05) is 18.7 Å². The fourth-order valence-electron chi connectivity index (χ4n) is 1.47. The van der Waals surface area contributed by atoms with Gasteiger partial charge in [-0.3, -0.25) is 4.79 Å². The van der Waals surface area contributed by atoms with Crippen molar-refractivity contribution in [3.05, 3.63) is 0 Å². The molecule has 13 heavy (non-hydrogen) atoms. The van der Waals surface area contributed by atoms with Gasteiger partial charge in [0.25, 0.3) is 0 Å². The monoisotopic (exact) mass is 187 g/mol. The molecule has 1 heterocycles. The molecule has 0 aliphatic carbocycles. The van der Waals surface area contributed by atoms with Crippen molar-refractivity contribution in [1.82, 2.24) is 5.32 Å². The van der Waals surface area contributed by atoms with Crippen LogP contribution in [-0.2, 0) is 14.3 Å². The van der Waals surface area contributed by atoms with Gasteiger partial charge in [0.05, 0.1) is 20.1 Å². The largest absolute Gasteiger partial charge is 0.469 e. The zero-order valence-electron chi connectivity index (χ0n) is 8.21. The lowest BCUT2D eigenvalue weighted by molar-refractivity contribution is -0.141. The molecular weight excluding hydrogens is 170 g/mol. The number of nitrogens with one attached hydrogen (secondary N) is 1. The van der Waals surface area contributed by atoms with Crippen LogP contribution in [0.15, 0.2) is 0 Å². The fourth-order valence-corrected chi connectivity index (χ4v) is 1.47. The second kappa shape index (κ2) is 5.19. The zero-order chi connectivity index (χ0) is 9.68. The third-order valence-electron chi connectivity index (χ3n) is 2.14. The number of rotatable bonds is 2. The Morgan fingerprint density at radius 3 is 3.15 bits per heavy atom. The van der Waals surface area contributed by atoms with Crippen LogP contribution in [0.3, 0.4) is 0 Å². The average Bonchev–Trinajstić information content (AvgIpc) is 2.30. The lowest BCUT2D eigenvalue weighted by Gasteiger charge is -2.17. The maximum Gasteiger partial charge on any atom is 0.307 e. The molecule has 0 amide bonds. The molecule has 4 nitrogen and oxygen atoms in total. The summed E-state index contributed by atoms with van der Waals surface area (Å²) in [7, 11) is 1.42. The van der Waals surface area contributed by atoms with E-state index in [1.807, 2.05) is 0 Å². The Kier molecular flexibility index (Phi) is 4.18. The van der Waals surface area contributed by atoms with Crippen LogP contribution in [0.4, 0.5) is 0 Å². The Labute approximate surface area is 78.6 Å². The lowest BCUT2D eigenvalue weighted by Crippen LogP contribution is -2.38. The number of carbonyl (C=O) groups excluding carboxylic acids is 1. The summed E-state index contributed by atoms with van der Waals surface area (Å²) in [6.45, 7) is 3.49. The smallest absolute Gasteiger partial charge is 0.307 e. The molecule has 2 atom stereocenters. The summed E-state index contributed by atoms with van der Waals surface area (Å²) in [5.74, 6) is -0.161. The van der Waals surface area contributed by atoms with Crippen molar-refractivity contribution in [1.29, 1.82) is 0 Å². The van der Waals surface area contributed by atoms with Gasteiger partial charge >= 0.3 is 5.97 Å². The molecule has 0 aromatic rings. The molecule has 0 spiro atoms. The molecule has 0 aromatic heterocycles. The normalized spacial score (nSPS) is 29.4. The SMILES string of the molecule is COC(=O)CC1CCOC[C@H](C)N1. The van der Waals surface area contributed by atoms with E-state index in [2.05, 4.69) is 17.0 Å². The molecule has 1 rings (SSSR count). The van der Waals surface area contributed by atoms with Crippen LogP contribution in [0.25, 0.3) is 0 Å². The number of ether oxygens (including phenoxy) is 2. The summed E-state index contributed by atoms with van der Waals surface area (Å²) >= 11 is 0. The van der Waals surface area contributed by atoms with Gasteiger partial charge in [0.1, 0.15) is 0 Å². The van der Waals surface area contributed by atoms with Gasteiger partial charge in [-0.2, -0.15) is 0 Å². The van der Waals surface area contributed by atoms with Crippen molar-refractivity contribution in [3.63, 3.8) is 0 Å². The lowest BCUT2D eigenvalue weighted by atomic mass is 10.1. The maximum atomic E-state index is 11.0. The molecule has 1 fully saturated rings. The minimum Gasteiger partial charge on any atom is -0.469 e. The van der Waals surface area contributed by atoms with E-state index in [0.717, 1.165) is 19.6 Å². The predicted molar refractivity (Wildman–Crippen MR) is 48.5 cm³/mol. The molecule has 1 unspecified atom stereocenters. The van der Waals surface area contributed by atoms with Crippen molar-refractivity contribution >= 4 is 5.97 Å². The highest BCUT2D eigenvalue weighted by molar-refractivity contribution is 5.69. The van der Waals surface area contributed by atoms with Crippen LogP contribution in [0.2, 0.25) is 0 Å². The molecule has 0 aromatic carbocycles. The highest BCUT2D eigenvalue weighted by Crippen LogP contribution is 2.06. The van der Waals surface area contributed by atoms with Gasteiger partial charge in [-0.1, -0.05) is 0 Å². The van der Waals surface area contributed by atoms with Crippen LogP contribution >= 0.6 is 0 Å². The molecule has 1 saturated heterocycles. The molecule has 1 aliphatic heterocycles. The Balaban J connectivity index is 2.34. The van der Waals surface area contributed by atoms with E-state index < -0.39 is 0 Å². The predicted octanol–water partition coefficient (Wildman–Crippen LogP) is 0.317. The highest BCUT2D eigenvalue weighted by Gasteiger charge is 2.19. The zero-order valence-corrected chi connectivity index (χ0v) is 8.21. The van der Waals surface area contributed by atoms with Crippen molar-refractivity contribution in [3.8, 4) is 0 Å². The Morgan fingerprint density at radius 2 is 2.46 bits per heavy atom. The first-order valence-corrected chi connectivity index (χ1v) is 4.63. The summed E-state index contributed by atoms with van der Waals surface area (Å²) < 4.78 is 9.95. The molecule has 0 bridgehead atoms. The Bertz CT molecular complexity index is 172. The average molecular weight is 187 g/mol. The molecular formula is C9H17NO3. The minimum absolute atomic E-state index is 0.161. The van der Waals surface area contributed by atoms with Crippen LogP contribution in [0.1, 0.15) is 19.8 Å². The van der Waals surface area contributed by atoms with Crippen LogP contribution < -0.4 is 5.32 Å². The second-order valence-electron chi connectivity index (χ2n) is 3.41. The van der Waals surface area contributed by atoms with Gasteiger partial charge < -0.3 is 14.8 Å². The van der Waals surface area contributed by atoms with E-state index in [-0.39, 0.29) is 12.0 Å². The molecule has 0 saturated carbocycles. The first-order valence-electron chi connectivity index (χ1n) is 4.63. The van der Waals surface area contributed by atoms with E-state index in [9.17, 15) is 4.79 Å². The second-order valence-corrected chi connectivity index (χ2v) is 3.41. The van der Waals surface area contributed by atoms with E-state index in [4.69, 9.17) is 4.74 Å². The van der Waals surface area contributed by atoms with Gasteiger partial charge in [0.2, 0.25) is 0 Å². The summed E-state index contributed by atoms with van der Waals surface area (Å²) in [6, 6.07) is 0.516. The third-order valence-corrected chi connectivity index (χ3v) is 2.14. The van der Waals surface area contributed by atoms with Crippen LogP contribution in [0.5, 0.6) is 0 Å². The van der Waals surface area contributed by atoms with E-state index in [1.165, 1.54) is 7.11 Å². The van der Waals surface area contributed by atoms with Crippen molar-refractivity contribution in [2.24, 2.45) is 0 Å². The van der Waals surface area contributed by atoms with E-state index in [0.29, 0.717) is 12.5 Å². The van der Waals surface area contributed by atoms with Gasteiger partial charge in [-0.15, -0.1) is 0 Å². The first kappa shape index (κ1) is 10.5. The number of esters is 1. The molecule has 0 radical (unpaired) electrons. The minimum atomic E-state index is -0.161. The summed E-state index contributed by atoms with van der Waals surface area (Å²) in [5, 5.41) is 3.32. The van der Waals surface area contributed by atoms with Gasteiger partial charge in [-0.25, -0.2) is 0 Å². The Morgan fingerprint density at radius 1 is 1.69 bits per heavy atom. The number of hydrogen-bond acceptors (Lipinski definition) is 4. The summed E-state index contributed by atoms with van der Waals surface area (Å²) in [4.78, 5) is 11.0. The van der Waals surface area contributed by atoms with E-state index >= 15 is 0 Å². The third kappa shape index (κ3) is 3.74. The highest BCUT2D eigenvalue weighted by atomic mass is 16.5. The Hall–Kier alpha value is -0.610. The van der Waals surface area contributed by atoms with Crippen molar-refractivity contribution < 1.29 is 14.3 Å².